The number of aliphatic imine (C=N–C) groups is 1. The molecular formula is C18H22BrN3O3. The number of hydrogen-bond donors (Lipinski definition) is 1. The third kappa shape index (κ3) is 2.39. The molecule has 6 nitrogen and oxygen atoms in total. The maximum atomic E-state index is 13.3. The molecule has 1 fully saturated rings. The molecule has 1 saturated carbocycles. The number of hydrogen-bond acceptors (Lipinski definition) is 5. The highest BCUT2D eigenvalue weighted by atomic mass is 79.9. The summed E-state index contributed by atoms with van der Waals surface area (Å²) in [4.78, 5) is 19.5. The number of benzene rings is 1. The Morgan fingerprint density at radius 2 is 2.28 bits per heavy atom. The number of ether oxygens (including phenoxy) is 2. The van der Waals surface area contributed by atoms with Gasteiger partial charge in [0.15, 0.2) is 11.5 Å². The first kappa shape index (κ1) is 16.8. The van der Waals surface area contributed by atoms with Crippen molar-refractivity contribution in [1.29, 1.82) is 0 Å². The number of nitrogens with two attached hydrogens (primary N) is 1. The molecule has 7 heteroatoms. The van der Waals surface area contributed by atoms with Crippen molar-refractivity contribution in [2.45, 2.75) is 43.9 Å². The van der Waals surface area contributed by atoms with E-state index in [1.807, 2.05) is 25.1 Å². The van der Waals surface area contributed by atoms with Crippen molar-refractivity contribution in [3.63, 3.8) is 0 Å². The molecule has 0 aromatic heterocycles. The Balaban J connectivity index is 1.87. The number of likely N-dealkylation sites (N-methyl/N-ethyl adjacent to an activating group) is 1. The number of amides is 1. The fraction of sp³-hybridized carbons (Fsp3) is 0.556. The lowest BCUT2D eigenvalue weighted by Gasteiger charge is -2.47. The van der Waals surface area contributed by atoms with Gasteiger partial charge in [-0.2, -0.15) is 0 Å². The lowest BCUT2D eigenvalue weighted by atomic mass is 9.67. The zero-order valence-corrected chi connectivity index (χ0v) is 16.0. The SMILES string of the molecule is CCO[C@H]1CC[C@@H]2Oc3ccc(Br)cc3[C@]3(N=C(N)N(C)C3=O)[C@H]2C1. The zero-order chi connectivity index (χ0) is 17.8. The molecule has 2 heterocycles. The number of guanidine groups is 1. The lowest BCUT2D eigenvalue weighted by Crippen LogP contribution is -2.55. The van der Waals surface area contributed by atoms with Crippen LogP contribution in [0.3, 0.4) is 0 Å². The molecular weight excluding hydrogens is 386 g/mol. The lowest BCUT2D eigenvalue weighted by molar-refractivity contribution is -0.139. The Morgan fingerprint density at radius 3 is 2.96 bits per heavy atom. The Kier molecular flexibility index (Phi) is 4.03. The molecule has 134 valence electrons. The highest BCUT2D eigenvalue weighted by Crippen LogP contribution is 2.53. The second-order valence-electron chi connectivity index (χ2n) is 6.89. The van der Waals surface area contributed by atoms with Crippen LogP contribution in [0, 0.1) is 5.92 Å². The Bertz CT molecular complexity index is 753. The van der Waals surface area contributed by atoms with Crippen molar-refractivity contribution in [3.8, 4) is 5.75 Å². The summed E-state index contributed by atoms with van der Waals surface area (Å²) in [5.74, 6) is 0.810. The van der Waals surface area contributed by atoms with Crippen LogP contribution in [-0.4, -0.2) is 42.6 Å². The summed E-state index contributed by atoms with van der Waals surface area (Å²) in [5.41, 5.74) is 5.83. The van der Waals surface area contributed by atoms with E-state index in [0.29, 0.717) is 6.61 Å². The maximum Gasteiger partial charge on any atom is 0.262 e. The van der Waals surface area contributed by atoms with Crippen LogP contribution in [-0.2, 0) is 15.1 Å². The second kappa shape index (κ2) is 5.99. The van der Waals surface area contributed by atoms with Crippen molar-refractivity contribution in [2.24, 2.45) is 16.6 Å². The Morgan fingerprint density at radius 1 is 1.48 bits per heavy atom. The number of carbonyl (C=O) groups excluding carboxylic acids is 1. The molecule has 4 rings (SSSR count). The number of carbonyl (C=O) groups is 1. The van der Waals surface area contributed by atoms with E-state index in [0.717, 1.165) is 35.0 Å². The minimum Gasteiger partial charge on any atom is -0.490 e. The molecule has 25 heavy (non-hydrogen) atoms. The molecule has 1 aliphatic carbocycles. The number of rotatable bonds is 2. The van der Waals surface area contributed by atoms with Crippen LogP contribution in [0.25, 0.3) is 0 Å². The van der Waals surface area contributed by atoms with Gasteiger partial charge in [0.05, 0.1) is 6.10 Å². The largest absolute Gasteiger partial charge is 0.490 e. The van der Waals surface area contributed by atoms with Gasteiger partial charge in [0.1, 0.15) is 11.9 Å². The third-order valence-electron chi connectivity index (χ3n) is 5.57. The van der Waals surface area contributed by atoms with E-state index in [2.05, 4.69) is 15.9 Å². The smallest absolute Gasteiger partial charge is 0.262 e. The predicted octanol–water partition coefficient (Wildman–Crippen LogP) is 2.40. The van der Waals surface area contributed by atoms with Crippen molar-refractivity contribution in [1.82, 2.24) is 4.90 Å². The predicted molar refractivity (Wildman–Crippen MR) is 97.4 cm³/mol. The number of halogens is 1. The molecule has 0 saturated heterocycles. The molecule has 1 aromatic carbocycles. The summed E-state index contributed by atoms with van der Waals surface area (Å²) >= 11 is 3.51. The van der Waals surface area contributed by atoms with Crippen LogP contribution in [0.1, 0.15) is 31.7 Å². The summed E-state index contributed by atoms with van der Waals surface area (Å²) in [6.45, 7) is 2.66. The van der Waals surface area contributed by atoms with Gasteiger partial charge in [-0.3, -0.25) is 9.69 Å². The Hall–Kier alpha value is -1.60. The van der Waals surface area contributed by atoms with Crippen molar-refractivity contribution in [3.05, 3.63) is 28.2 Å². The van der Waals surface area contributed by atoms with Crippen molar-refractivity contribution < 1.29 is 14.3 Å². The zero-order valence-electron chi connectivity index (χ0n) is 14.4. The molecule has 2 aliphatic heterocycles. The van der Waals surface area contributed by atoms with E-state index in [9.17, 15) is 4.79 Å². The molecule has 1 aromatic rings. The van der Waals surface area contributed by atoms with Gasteiger partial charge in [-0.15, -0.1) is 0 Å². The number of nitrogens with zero attached hydrogens (tertiary/aromatic N) is 2. The first-order chi connectivity index (χ1) is 12.0. The van der Waals surface area contributed by atoms with E-state index >= 15 is 0 Å². The van der Waals surface area contributed by atoms with Gasteiger partial charge in [-0.05, 0) is 44.4 Å². The molecule has 0 bridgehead atoms. The average molecular weight is 408 g/mol. The van der Waals surface area contributed by atoms with Gasteiger partial charge in [0, 0.05) is 29.6 Å². The standard InChI is InChI=1S/C18H22BrN3O3/c1-3-24-11-5-7-15-13(9-11)18(16(23)22(2)17(20)21-18)12-8-10(19)4-6-14(12)25-15/h4,6,8,11,13,15H,3,5,7,9H2,1-2H3,(H2,20,21)/t11-,13-,15-,18-/m0/s1. The molecule has 1 spiro atoms. The molecule has 1 amide bonds. The summed E-state index contributed by atoms with van der Waals surface area (Å²) in [5, 5.41) is 0. The van der Waals surface area contributed by atoms with Gasteiger partial charge in [-0.1, -0.05) is 15.9 Å². The van der Waals surface area contributed by atoms with Crippen LogP contribution in [0.15, 0.2) is 27.7 Å². The van der Waals surface area contributed by atoms with Gasteiger partial charge in [0.2, 0.25) is 0 Å². The average Bonchev–Trinajstić information content (AvgIpc) is 2.82. The third-order valence-corrected chi connectivity index (χ3v) is 6.07. The van der Waals surface area contributed by atoms with Gasteiger partial charge in [0.25, 0.3) is 5.91 Å². The fourth-order valence-electron chi connectivity index (χ4n) is 4.42. The molecule has 0 unspecified atom stereocenters. The number of fused-ring (bicyclic) bond motifs is 4. The van der Waals surface area contributed by atoms with Crippen molar-refractivity contribution in [2.75, 3.05) is 13.7 Å². The van der Waals surface area contributed by atoms with Gasteiger partial charge >= 0.3 is 0 Å². The monoisotopic (exact) mass is 407 g/mol. The van der Waals surface area contributed by atoms with Crippen LogP contribution in [0.2, 0.25) is 0 Å². The van der Waals surface area contributed by atoms with E-state index in [1.54, 1.807) is 7.05 Å². The van der Waals surface area contributed by atoms with Gasteiger partial charge < -0.3 is 15.2 Å². The van der Waals surface area contributed by atoms with E-state index in [1.165, 1.54) is 4.90 Å². The normalized spacial score (nSPS) is 33.7. The van der Waals surface area contributed by atoms with Gasteiger partial charge in [-0.25, -0.2) is 4.99 Å². The quantitative estimate of drug-likeness (QED) is 0.816. The highest BCUT2D eigenvalue weighted by Gasteiger charge is 2.61. The van der Waals surface area contributed by atoms with E-state index in [4.69, 9.17) is 20.2 Å². The summed E-state index contributed by atoms with van der Waals surface area (Å²) < 4.78 is 13.0. The summed E-state index contributed by atoms with van der Waals surface area (Å²) in [6, 6.07) is 5.77. The molecule has 4 atom stereocenters. The fourth-order valence-corrected chi connectivity index (χ4v) is 4.78. The summed E-state index contributed by atoms with van der Waals surface area (Å²) in [7, 11) is 1.68. The topological polar surface area (TPSA) is 77.2 Å². The van der Waals surface area contributed by atoms with Crippen LogP contribution < -0.4 is 10.5 Å². The van der Waals surface area contributed by atoms with E-state index in [-0.39, 0.29) is 30.0 Å². The highest BCUT2D eigenvalue weighted by molar-refractivity contribution is 9.10. The van der Waals surface area contributed by atoms with Crippen LogP contribution >= 0.6 is 15.9 Å². The second-order valence-corrected chi connectivity index (χ2v) is 7.81. The van der Waals surface area contributed by atoms with E-state index < -0.39 is 5.54 Å². The minimum absolute atomic E-state index is 0.0580. The molecule has 0 radical (unpaired) electrons. The Labute approximate surface area is 155 Å². The first-order valence-electron chi connectivity index (χ1n) is 8.69. The van der Waals surface area contributed by atoms with Crippen LogP contribution in [0.5, 0.6) is 5.75 Å². The maximum absolute atomic E-state index is 13.3. The van der Waals surface area contributed by atoms with Crippen molar-refractivity contribution >= 4 is 27.8 Å². The molecule has 2 N–H and O–H groups in total. The first-order valence-corrected chi connectivity index (χ1v) is 9.48. The van der Waals surface area contributed by atoms with Crippen LogP contribution in [0.4, 0.5) is 0 Å². The molecule has 3 aliphatic rings. The summed E-state index contributed by atoms with van der Waals surface area (Å²) in [6.07, 6.45) is 2.58. The minimum atomic E-state index is -1.02.